The molecule has 0 N–H and O–H groups in total. The van der Waals surface area contributed by atoms with Crippen LogP contribution in [0.5, 0.6) is 0 Å². The Balaban J connectivity index is 2.01. The van der Waals surface area contributed by atoms with Gasteiger partial charge in [0.2, 0.25) is 0 Å². The Labute approximate surface area is 109 Å². The second kappa shape index (κ2) is 5.11. The van der Waals surface area contributed by atoms with Gasteiger partial charge in [0.15, 0.2) is 5.89 Å². The van der Waals surface area contributed by atoms with Crippen LogP contribution < -0.4 is 0 Å². The van der Waals surface area contributed by atoms with Crippen molar-refractivity contribution in [2.24, 2.45) is 5.92 Å². The molecule has 1 aromatic heterocycles. The van der Waals surface area contributed by atoms with E-state index in [-0.39, 0.29) is 24.6 Å². The van der Waals surface area contributed by atoms with Crippen molar-refractivity contribution in [3.8, 4) is 0 Å². The van der Waals surface area contributed by atoms with Crippen LogP contribution in [0.3, 0.4) is 0 Å². The lowest BCUT2D eigenvalue weighted by Crippen LogP contribution is -2.27. The molecule has 0 spiro atoms. The summed E-state index contributed by atoms with van der Waals surface area (Å²) < 4.78 is 43.1. The molecule has 2 nitrogen and oxygen atoms in total. The van der Waals surface area contributed by atoms with Crippen molar-refractivity contribution in [1.82, 2.24) is 4.98 Å². The molecular formula is C12H15ClF3NO. The maximum atomic E-state index is 12.5. The van der Waals surface area contributed by atoms with Crippen molar-refractivity contribution in [2.45, 2.75) is 50.6 Å². The lowest BCUT2D eigenvalue weighted by Gasteiger charge is -2.28. The fourth-order valence-corrected chi connectivity index (χ4v) is 2.66. The minimum atomic E-state index is -4.07. The molecule has 0 atom stereocenters. The van der Waals surface area contributed by atoms with Gasteiger partial charge in [-0.2, -0.15) is 13.2 Å². The third-order valence-corrected chi connectivity index (χ3v) is 3.81. The topological polar surface area (TPSA) is 26.0 Å². The normalized spacial score (nSPS) is 25.4. The molecule has 0 radical (unpaired) electrons. The predicted molar refractivity (Wildman–Crippen MR) is 61.6 cm³/mol. The van der Waals surface area contributed by atoms with Crippen LogP contribution in [0.1, 0.15) is 48.9 Å². The highest BCUT2D eigenvalue weighted by atomic mass is 35.5. The molecule has 2 rings (SSSR count). The van der Waals surface area contributed by atoms with Crippen molar-refractivity contribution >= 4 is 11.6 Å². The Morgan fingerprint density at radius 1 is 1.28 bits per heavy atom. The van der Waals surface area contributed by atoms with Gasteiger partial charge in [-0.3, -0.25) is 0 Å². The maximum Gasteiger partial charge on any atom is 0.391 e. The Bertz CT molecular complexity index is 408. The van der Waals surface area contributed by atoms with E-state index >= 15 is 0 Å². The first kappa shape index (κ1) is 13.7. The molecule has 1 heterocycles. The fourth-order valence-electron chi connectivity index (χ4n) is 2.42. The molecule has 0 aliphatic heterocycles. The van der Waals surface area contributed by atoms with E-state index in [1.807, 2.05) is 0 Å². The van der Waals surface area contributed by atoms with Crippen molar-refractivity contribution < 1.29 is 17.6 Å². The number of rotatable bonds is 2. The van der Waals surface area contributed by atoms with Crippen molar-refractivity contribution in [1.29, 1.82) is 0 Å². The lowest BCUT2D eigenvalue weighted by molar-refractivity contribution is -0.182. The molecule has 1 aliphatic rings. The molecule has 18 heavy (non-hydrogen) atoms. The third-order valence-electron chi connectivity index (χ3n) is 3.57. The van der Waals surface area contributed by atoms with Crippen LogP contribution in [0.25, 0.3) is 0 Å². The molecule has 0 saturated heterocycles. The van der Waals surface area contributed by atoms with E-state index in [4.69, 9.17) is 16.0 Å². The van der Waals surface area contributed by atoms with Gasteiger partial charge in [0, 0.05) is 5.92 Å². The molecule has 1 saturated carbocycles. The predicted octanol–water partition coefficient (Wildman–Crippen LogP) is 4.56. The molecule has 1 aromatic rings. The average molecular weight is 282 g/mol. The Kier molecular flexibility index (Phi) is 3.90. The van der Waals surface area contributed by atoms with E-state index in [2.05, 4.69) is 4.98 Å². The first-order valence-electron chi connectivity index (χ1n) is 6.00. The van der Waals surface area contributed by atoms with Crippen molar-refractivity contribution in [2.75, 3.05) is 0 Å². The van der Waals surface area contributed by atoms with Crippen molar-refractivity contribution in [3.05, 3.63) is 17.3 Å². The summed E-state index contributed by atoms with van der Waals surface area (Å²) in [6.07, 6.45) is -2.80. The average Bonchev–Trinajstić information content (AvgIpc) is 2.69. The van der Waals surface area contributed by atoms with Gasteiger partial charge >= 0.3 is 6.18 Å². The summed E-state index contributed by atoms with van der Waals surface area (Å²) in [6, 6.07) is 0. The first-order chi connectivity index (χ1) is 8.41. The largest absolute Gasteiger partial charge is 0.444 e. The molecule has 0 amide bonds. The summed E-state index contributed by atoms with van der Waals surface area (Å²) in [5.41, 5.74) is 0.734. The third kappa shape index (κ3) is 2.82. The molecule has 0 unspecified atom stereocenters. The summed E-state index contributed by atoms with van der Waals surface area (Å²) in [5.74, 6) is 0.237. The maximum absolute atomic E-state index is 12.5. The Hall–Kier alpha value is -0.710. The lowest BCUT2D eigenvalue weighted by atomic mass is 9.81. The van der Waals surface area contributed by atoms with Crippen LogP contribution in [0.15, 0.2) is 4.42 Å². The van der Waals surface area contributed by atoms with Gasteiger partial charge in [-0.25, -0.2) is 4.98 Å². The zero-order valence-corrected chi connectivity index (χ0v) is 10.8. The quantitative estimate of drug-likeness (QED) is 0.743. The number of oxazole rings is 1. The standard InChI is InChI=1S/C12H15ClF3NO/c1-7-10(6-13)18-11(17-7)8-2-4-9(5-3-8)12(14,15)16/h8-9H,2-6H2,1H3. The van der Waals surface area contributed by atoms with Crippen LogP contribution in [0.4, 0.5) is 13.2 Å². The molecule has 6 heteroatoms. The van der Waals surface area contributed by atoms with E-state index < -0.39 is 12.1 Å². The SMILES string of the molecule is Cc1nc(C2CCC(C(F)(F)F)CC2)oc1CCl. The molecular weight excluding hydrogens is 267 g/mol. The van der Waals surface area contributed by atoms with E-state index in [1.165, 1.54) is 0 Å². The van der Waals surface area contributed by atoms with Gasteiger partial charge in [-0.15, -0.1) is 11.6 Å². The number of halogens is 4. The van der Waals surface area contributed by atoms with Gasteiger partial charge < -0.3 is 4.42 Å². The molecule has 0 aromatic carbocycles. The number of aromatic nitrogens is 1. The number of alkyl halides is 4. The van der Waals surface area contributed by atoms with E-state index in [0.29, 0.717) is 24.5 Å². The number of hydrogen-bond acceptors (Lipinski definition) is 2. The molecule has 1 aliphatic carbocycles. The number of aryl methyl sites for hydroxylation is 1. The summed E-state index contributed by atoms with van der Waals surface area (Å²) in [6.45, 7) is 1.80. The van der Waals surface area contributed by atoms with Gasteiger partial charge in [-0.05, 0) is 32.6 Å². The van der Waals surface area contributed by atoms with Crippen molar-refractivity contribution in [3.63, 3.8) is 0 Å². The fraction of sp³-hybridized carbons (Fsp3) is 0.750. The van der Waals surface area contributed by atoms with Gasteiger partial charge in [0.05, 0.1) is 17.5 Å². The van der Waals surface area contributed by atoms with Crippen LogP contribution in [-0.2, 0) is 5.88 Å². The smallest absolute Gasteiger partial charge is 0.391 e. The first-order valence-corrected chi connectivity index (χ1v) is 6.54. The second-order valence-corrected chi connectivity index (χ2v) is 5.05. The highest BCUT2D eigenvalue weighted by Crippen LogP contribution is 2.42. The summed E-state index contributed by atoms with van der Waals surface area (Å²) >= 11 is 5.68. The van der Waals surface area contributed by atoms with E-state index in [0.717, 1.165) is 5.69 Å². The van der Waals surface area contributed by atoms with Crippen LogP contribution in [0.2, 0.25) is 0 Å². The molecule has 1 fully saturated rings. The van der Waals surface area contributed by atoms with E-state index in [1.54, 1.807) is 6.92 Å². The van der Waals surface area contributed by atoms with E-state index in [9.17, 15) is 13.2 Å². The Morgan fingerprint density at radius 2 is 1.89 bits per heavy atom. The van der Waals surface area contributed by atoms with Gasteiger partial charge in [0.1, 0.15) is 5.76 Å². The summed E-state index contributed by atoms with van der Waals surface area (Å²) in [7, 11) is 0. The minimum Gasteiger partial charge on any atom is -0.444 e. The monoisotopic (exact) mass is 281 g/mol. The number of hydrogen-bond donors (Lipinski definition) is 0. The molecule has 0 bridgehead atoms. The zero-order chi connectivity index (χ0) is 13.3. The Morgan fingerprint density at radius 3 is 2.33 bits per heavy atom. The highest BCUT2D eigenvalue weighted by Gasteiger charge is 2.42. The van der Waals surface area contributed by atoms with Crippen LogP contribution in [-0.4, -0.2) is 11.2 Å². The van der Waals surface area contributed by atoms with Gasteiger partial charge in [0.25, 0.3) is 0 Å². The van der Waals surface area contributed by atoms with Crippen LogP contribution >= 0.6 is 11.6 Å². The summed E-state index contributed by atoms with van der Waals surface area (Å²) in [4.78, 5) is 4.26. The van der Waals surface area contributed by atoms with Crippen LogP contribution in [0, 0.1) is 12.8 Å². The molecule has 102 valence electrons. The zero-order valence-electron chi connectivity index (χ0n) is 10.1. The second-order valence-electron chi connectivity index (χ2n) is 4.78. The number of nitrogens with zero attached hydrogens (tertiary/aromatic N) is 1. The van der Waals surface area contributed by atoms with Gasteiger partial charge in [-0.1, -0.05) is 0 Å². The minimum absolute atomic E-state index is 0.000679. The highest BCUT2D eigenvalue weighted by molar-refractivity contribution is 6.16. The summed E-state index contributed by atoms with van der Waals surface area (Å²) in [5, 5.41) is 0.